The van der Waals surface area contributed by atoms with Gasteiger partial charge in [0.15, 0.2) is 0 Å². The van der Waals surface area contributed by atoms with Crippen LogP contribution in [0.2, 0.25) is 0 Å². The van der Waals surface area contributed by atoms with Crippen molar-refractivity contribution in [3.63, 3.8) is 0 Å². The van der Waals surface area contributed by atoms with Crippen LogP contribution in [0.15, 0.2) is 0 Å². The smallest absolute Gasteiger partial charge is 0.326 e. The normalized spacial score (nSPS) is 15.8. The van der Waals surface area contributed by atoms with Crippen LogP contribution in [0, 0.1) is 5.92 Å². The molecule has 0 aliphatic carbocycles. The Balaban J connectivity index is 5.37. The van der Waals surface area contributed by atoms with Gasteiger partial charge in [-0.15, -0.1) is 0 Å². The lowest BCUT2D eigenvalue weighted by atomic mass is 9.98. The van der Waals surface area contributed by atoms with Crippen LogP contribution in [0.1, 0.15) is 33.1 Å². The van der Waals surface area contributed by atoms with Gasteiger partial charge in [-0.25, -0.2) is 4.79 Å². The first-order valence-electron chi connectivity index (χ1n) is 9.31. The fourth-order valence-electron chi connectivity index (χ4n) is 2.30. The summed E-state index contributed by atoms with van der Waals surface area (Å²) in [5.41, 5.74) is 5.37. The van der Waals surface area contributed by atoms with Crippen molar-refractivity contribution < 1.29 is 39.3 Å². The minimum Gasteiger partial charge on any atom is -0.481 e. The second kappa shape index (κ2) is 13.8. The zero-order valence-corrected chi connectivity index (χ0v) is 17.7. The number of hydrogen-bond acceptors (Lipinski definition) is 8. The number of carbonyl (C=O) groups excluding carboxylic acids is 3. The molecule has 5 unspecified atom stereocenters. The van der Waals surface area contributed by atoms with E-state index in [0.717, 1.165) is 0 Å². The van der Waals surface area contributed by atoms with Crippen LogP contribution in [0.3, 0.4) is 0 Å². The van der Waals surface area contributed by atoms with E-state index < -0.39 is 72.8 Å². The van der Waals surface area contributed by atoms with Crippen LogP contribution in [0.4, 0.5) is 0 Å². The van der Waals surface area contributed by atoms with Crippen molar-refractivity contribution in [2.45, 2.75) is 57.3 Å². The van der Waals surface area contributed by atoms with Gasteiger partial charge in [0.25, 0.3) is 0 Å². The molecular formula is C17H30N4O8S. The average Bonchev–Trinajstić information content (AvgIpc) is 2.70. The lowest BCUT2D eigenvalue weighted by Gasteiger charge is -2.26. The van der Waals surface area contributed by atoms with Crippen molar-refractivity contribution in [3.8, 4) is 0 Å². The number of nitrogens with two attached hydrogens (primary N) is 1. The number of carboxylic acid groups (broad SMARTS) is 2. The molecule has 13 heteroatoms. The van der Waals surface area contributed by atoms with E-state index in [9.17, 15) is 29.1 Å². The molecule has 172 valence electrons. The number of hydrogen-bond donors (Lipinski definition) is 8. The van der Waals surface area contributed by atoms with Crippen LogP contribution >= 0.6 is 12.6 Å². The Morgan fingerprint density at radius 2 is 1.50 bits per heavy atom. The predicted octanol–water partition coefficient (Wildman–Crippen LogP) is -2.31. The maximum Gasteiger partial charge on any atom is 0.326 e. The first-order valence-corrected chi connectivity index (χ1v) is 9.94. The number of carbonyl (C=O) groups is 5. The molecule has 0 rings (SSSR count). The van der Waals surface area contributed by atoms with Crippen LogP contribution in [0.25, 0.3) is 0 Å². The van der Waals surface area contributed by atoms with E-state index in [-0.39, 0.29) is 12.2 Å². The molecule has 0 aliphatic rings. The number of amides is 3. The molecule has 0 aromatic carbocycles. The Morgan fingerprint density at radius 3 is 1.93 bits per heavy atom. The predicted molar refractivity (Wildman–Crippen MR) is 109 cm³/mol. The van der Waals surface area contributed by atoms with Gasteiger partial charge in [0.1, 0.15) is 24.2 Å². The van der Waals surface area contributed by atoms with E-state index in [1.807, 2.05) is 0 Å². The third-order valence-electron chi connectivity index (χ3n) is 4.41. The van der Waals surface area contributed by atoms with Gasteiger partial charge in [0, 0.05) is 12.2 Å². The molecule has 5 atom stereocenters. The summed E-state index contributed by atoms with van der Waals surface area (Å²) in [7, 11) is 0. The molecule has 0 radical (unpaired) electrons. The molecule has 0 saturated heterocycles. The van der Waals surface area contributed by atoms with Crippen molar-refractivity contribution in [3.05, 3.63) is 0 Å². The minimum atomic E-state index is -1.36. The molecule has 30 heavy (non-hydrogen) atoms. The maximum atomic E-state index is 12.6. The van der Waals surface area contributed by atoms with Gasteiger partial charge in [-0.05, 0) is 12.3 Å². The first-order chi connectivity index (χ1) is 14.0. The number of rotatable bonds is 14. The van der Waals surface area contributed by atoms with E-state index in [4.69, 9.17) is 15.9 Å². The van der Waals surface area contributed by atoms with Gasteiger partial charge in [-0.1, -0.05) is 20.3 Å². The molecule has 3 amide bonds. The minimum absolute atomic E-state index is 0.173. The fourth-order valence-corrected chi connectivity index (χ4v) is 2.56. The van der Waals surface area contributed by atoms with Crippen molar-refractivity contribution in [2.75, 3.05) is 12.4 Å². The lowest BCUT2D eigenvalue weighted by Crippen LogP contribution is -2.58. The number of aliphatic hydroxyl groups excluding tert-OH is 1. The quantitative estimate of drug-likeness (QED) is 0.133. The SMILES string of the molecule is CCC(C)C(NC(=O)C(CCC(=O)O)NC(=O)C(CS)NC(=O)C(N)CO)C(=O)O. The van der Waals surface area contributed by atoms with E-state index in [1.165, 1.54) is 0 Å². The summed E-state index contributed by atoms with van der Waals surface area (Å²) in [6.45, 7) is 2.72. The van der Waals surface area contributed by atoms with Gasteiger partial charge in [-0.3, -0.25) is 19.2 Å². The van der Waals surface area contributed by atoms with Crippen LogP contribution < -0.4 is 21.7 Å². The second-order valence-corrected chi connectivity index (χ2v) is 7.10. The van der Waals surface area contributed by atoms with Gasteiger partial charge >= 0.3 is 11.9 Å². The van der Waals surface area contributed by atoms with Crippen molar-refractivity contribution in [1.29, 1.82) is 0 Å². The second-order valence-electron chi connectivity index (χ2n) is 6.74. The Labute approximate surface area is 179 Å². The number of aliphatic carboxylic acids is 2. The van der Waals surface area contributed by atoms with E-state index >= 15 is 0 Å². The molecule has 12 nitrogen and oxygen atoms in total. The zero-order valence-electron chi connectivity index (χ0n) is 16.8. The molecule has 0 aromatic heterocycles. The molecule has 0 saturated carbocycles. The van der Waals surface area contributed by atoms with Gasteiger partial charge in [-0.2, -0.15) is 12.6 Å². The van der Waals surface area contributed by atoms with Gasteiger partial charge in [0.2, 0.25) is 17.7 Å². The Bertz CT molecular complexity index is 633. The van der Waals surface area contributed by atoms with Crippen LogP contribution in [-0.2, 0) is 24.0 Å². The zero-order chi connectivity index (χ0) is 23.4. The average molecular weight is 451 g/mol. The van der Waals surface area contributed by atoms with Crippen molar-refractivity contribution in [1.82, 2.24) is 16.0 Å². The standard InChI is InChI=1S/C17H30N4O8S/c1-3-8(2)13(17(28)29)21-15(26)10(4-5-12(23)24)19-16(27)11(7-30)20-14(25)9(18)6-22/h8-11,13,22,30H,3-7,18H2,1-2H3,(H,19,27)(H,20,25)(H,21,26)(H,23,24)(H,28,29). The van der Waals surface area contributed by atoms with Crippen molar-refractivity contribution >= 4 is 42.3 Å². The van der Waals surface area contributed by atoms with Crippen LogP contribution in [0.5, 0.6) is 0 Å². The summed E-state index contributed by atoms with van der Waals surface area (Å²) in [5, 5.41) is 34.0. The highest BCUT2D eigenvalue weighted by Gasteiger charge is 2.31. The van der Waals surface area contributed by atoms with Crippen molar-refractivity contribution in [2.24, 2.45) is 11.7 Å². The molecular weight excluding hydrogens is 420 g/mol. The number of thiol groups is 1. The topological polar surface area (TPSA) is 208 Å². The summed E-state index contributed by atoms with van der Waals surface area (Å²) >= 11 is 3.96. The fraction of sp³-hybridized carbons (Fsp3) is 0.706. The highest BCUT2D eigenvalue weighted by molar-refractivity contribution is 7.80. The van der Waals surface area contributed by atoms with Gasteiger partial charge < -0.3 is 37.0 Å². The molecule has 8 N–H and O–H groups in total. The summed E-state index contributed by atoms with van der Waals surface area (Å²) in [6, 6.07) is -5.07. The summed E-state index contributed by atoms with van der Waals surface area (Å²) in [6.07, 6.45) is -0.307. The van der Waals surface area contributed by atoms with E-state index in [1.54, 1.807) is 13.8 Å². The molecule has 0 bridgehead atoms. The number of nitrogens with one attached hydrogen (secondary N) is 3. The summed E-state index contributed by atoms with van der Waals surface area (Å²) < 4.78 is 0. The largest absolute Gasteiger partial charge is 0.481 e. The highest BCUT2D eigenvalue weighted by Crippen LogP contribution is 2.09. The number of aliphatic hydroxyl groups is 1. The lowest BCUT2D eigenvalue weighted by molar-refractivity contribution is -0.144. The number of carboxylic acids is 2. The van der Waals surface area contributed by atoms with E-state index in [0.29, 0.717) is 6.42 Å². The molecule has 0 spiro atoms. The first kappa shape index (κ1) is 27.6. The Morgan fingerprint density at radius 1 is 0.967 bits per heavy atom. The Hall–Kier alpha value is -2.38. The third-order valence-corrected chi connectivity index (χ3v) is 4.77. The molecule has 0 heterocycles. The van der Waals surface area contributed by atoms with Gasteiger partial charge in [0.05, 0.1) is 6.61 Å². The highest BCUT2D eigenvalue weighted by atomic mass is 32.1. The Kier molecular flexibility index (Phi) is 12.7. The summed E-state index contributed by atoms with van der Waals surface area (Å²) in [4.78, 5) is 59.1. The maximum absolute atomic E-state index is 12.6. The summed E-state index contributed by atoms with van der Waals surface area (Å²) in [5.74, 6) is -5.59. The monoisotopic (exact) mass is 450 g/mol. The molecule has 0 aliphatic heterocycles. The third kappa shape index (κ3) is 9.41. The van der Waals surface area contributed by atoms with Crippen LogP contribution in [-0.4, -0.2) is 81.5 Å². The molecule has 0 aromatic rings. The molecule has 0 fully saturated rings. The van der Waals surface area contributed by atoms with E-state index in [2.05, 4.69) is 28.6 Å².